The van der Waals surface area contributed by atoms with Crippen molar-refractivity contribution in [2.45, 2.75) is 19.8 Å². The van der Waals surface area contributed by atoms with Gasteiger partial charge in [0.15, 0.2) is 0 Å². The lowest BCUT2D eigenvalue weighted by Gasteiger charge is -2.08. The van der Waals surface area contributed by atoms with Crippen molar-refractivity contribution in [3.8, 4) is 5.75 Å². The summed E-state index contributed by atoms with van der Waals surface area (Å²) in [7, 11) is 1.32. The minimum atomic E-state index is -0.435. The zero-order valence-corrected chi connectivity index (χ0v) is 8.57. The molecule has 0 aliphatic carbocycles. The van der Waals surface area contributed by atoms with Crippen molar-refractivity contribution in [1.29, 1.82) is 0 Å². The third-order valence-electron chi connectivity index (χ3n) is 2.07. The second kappa shape index (κ2) is 4.13. The molecule has 0 fully saturated rings. The fraction of sp³-hybridized carbons (Fsp3) is 0.364. The van der Waals surface area contributed by atoms with E-state index in [1.807, 2.05) is 13.8 Å². The Kier molecular flexibility index (Phi) is 3.12. The summed E-state index contributed by atoms with van der Waals surface area (Å²) in [5.41, 5.74) is 1.20. The quantitative estimate of drug-likeness (QED) is 0.735. The first-order valence-corrected chi connectivity index (χ1v) is 4.47. The Labute approximate surface area is 83.3 Å². The number of methoxy groups -OCH3 is 1. The van der Waals surface area contributed by atoms with Crippen LogP contribution in [0.4, 0.5) is 0 Å². The zero-order valence-electron chi connectivity index (χ0n) is 8.57. The summed E-state index contributed by atoms with van der Waals surface area (Å²) >= 11 is 0. The van der Waals surface area contributed by atoms with Crippen molar-refractivity contribution < 1.29 is 14.6 Å². The molecular formula is C11H14O3. The van der Waals surface area contributed by atoms with Gasteiger partial charge in [0.2, 0.25) is 0 Å². The highest BCUT2D eigenvalue weighted by Crippen LogP contribution is 2.26. The maximum absolute atomic E-state index is 11.1. The summed E-state index contributed by atoms with van der Waals surface area (Å²) in [4.78, 5) is 11.1. The summed E-state index contributed by atoms with van der Waals surface area (Å²) < 4.78 is 4.54. The van der Waals surface area contributed by atoms with Crippen LogP contribution < -0.4 is 0 Å². The minimum absolute atomic E-state index is 0.142. The van der Waals surface area contributed by atoms with Gasteiger partial charge in [-0.2, -0.15) is 0 Å². The fourth-order valence-corrected chi connectivity index (χ4v) is 1.28. The van der Waals surface area contributed by atoms with E-state index in [-0.39, 0.29) is 11.7 Å². The topological polar surface area (TPSA) is 46.5 Å². The molecule has 0 aliphatic heterocycles. The van der Waals surface area contributed by atoms with Gasteiger partial charge in [-0.25, -0.2) is 4.79 Å². The molecule has 1 rings (SSSR count). The Balaban J connectivity index is 3.06. The summed E-state index contributed by atoms with van der Waals surface area (Å²) in [6, 6.07) is 4.83. The van der Waals surface area contributed by atoms with E-state index < -0.39 is 5.97 Å². The highest BCUT2D eigenvalue weighted by molar-refractivity contribution is 5.89. The smallest absolute Gasteiger partial charge is 0.337 e. The molecule has 0 saturated carbocycles. The van der Waals surface area contributed by atoms with Crippen molar-refractivity contribution in [2.24, 2.45) is 0 Å². The number of esters is 1. The van der Waals surface area contributed by atoms with E-state index in [1.165, 1.54) is 13.2 Å². The molecule has 0 atom stereocenters. The summed E-state index contributed by atoms with van der Waals surface area (Å²) in [5, 5.41) is 9.60. The SMILES string of the molecule is COC(=O)c1ccc(C(C)C)c(O)c1. The van der Waals surface area contributed by atoms with Crippen molar-refractivity contribution in [3.05, 3.63) is 29.3 Å². The maximum Gasteiger partial charge on any atom is 0.337 e. The molecule has 0 aromatic heterocycles. The molecular weight excluding hydrogens is 180 g/mol. The van der Waals surface area contributed by atoms with Gasteiger partial charge in [-0.05, 0) is 23.6 Å². The van der Waals surface area contributed by atoms with Crippen LogP contribution in [0.5, 0.6) is 5.75 Å². The molecule has 0 spiro atoms. The van der Waals surface area contributed by atoms with Gasteiger partial charge in [-0.15, -0.1) is 0 Å². The van der Waals surface area contributed by atoms with E-state index in [2.05, 4.69) is 4.74 Å². The largest absolute Gasteiger partial charge is 0.508 e. The second-order valence-corrected chi connectivity index (χ2v) is 3.42. The lowest BCUT2D eigenvalue weighted by Crippen LogP contribution is -2.01. The molecule has 1 aromatic carbocycles. The number of aromatic hydroxyl groups is 1. The van der Waals surface area contributed by atoms with Gasteiger partial charge in [0.05, 0.1) is 12.7 Å². The molecule has 3 nitrogen and oxygen atoms in total. The van der Waals surface area contributed by atoms with Gasteiger partial charge in [0.25, 0.3) is 0 Å². The molecule has 0 heterocycles. The van der Waals surface area contributed by atoms with Gasteiger partial charge in [-0.3, -0.25) is 0 Å². The van der Waals surface area contributed by atoms with Crippen LogP contribution in [-0.2, 0) is 4.74 Å². The summed E-state index contributed by atoms with van der Waals surface area (Å²) in [5.74, 6) is -0.0554. The van der Waals surface area contributed by atoms with Gasteiger partial charge in [-0.1, -0.05) is 19.9 Å². The first-order chi connectivity index (χ1) is 6.56. The van der Waals surface area contributed by atoms with E-state index in [4.69, 9.17) is 0 Å². The molecule has 0 saturated heterocycles. The van der Waals surface area contributed by atoms with E-state index in [0.29, 0.717) is 5.56 Å². The number of hydrogen-bond acceptors (Lipinski definition) is 3. The average molecular weight is 194 g/mol. The lowest BCUT2D eigenvalue weighted by atomic mass is 10.0. The minimum Gasteiger partial charge on any atom is -0.508 e. The number of phenols is 1. The van der Waals surface area contributed by atoms with E-state index in [0.717, 1.165) is 5.56 Å². The van der Waals surface area contributed by atoms with Crippen LogP contribution in [-0.4, -0.2) is 18.2 Å². The van der Waals surface area contributed by atoms with Gasteiger partial charge in [0.1, 0.15) is 5.75 Å². The molecule has 3 heteroatoms. The van der Waals surface area contributed by atoms with Crippen LogP contribution in [0.25, 0.3) is 0 Å². The Morgan fingerprint density at radius 3 is 2.50 bits per heavy atom. The Hall–Kier alpha value is -1.51. The second-order valence-electron chi connectivity index (χ2n) is 3.42. The number of phenolic OH excluding ortho intramolecular Hbond substituents is 1. The first-order valence-electron chi connectivity index (χ1n) is 4.47. The Bertz CT molecular complexity index is 342. The highest BCUT2D eigenvalue weighted by atomic mass is 16.5. The zero-order chi connectivity index (χ0) is 10.7. The molecule has 0 unspecified atom stereocenters. The lowest BCUT2D eigenvalue weighted by molar-refractivity contribution is 0.0600. The average Bonchev–Trinajstić information content (AvgIpc) is 2.15. The predicted octanol–water partition coefficient (Wildman–Crippen LogP) is 2.30. The monoisotopic (exact) mass is 194 g/mol. The van der Waals surface area contributed by atoms with Gasteiger partial charge < -0.3 is 9.84 Å². The van der Waals surface area contributed by atoms with E-state index in [1.54, 1.807) is 12.1 Å². The molecule has 0 radical (unpaired) electrons. The molecule has 0 amide bonds. The van der Waals surface area contributed by atoms with Crippen LogP contribution in [0.1, 0.15) is 35.7 Å². The number of hydrogen-bond donors (Lipinski definition) is 1. The van der Waals surface area contributed by atoms with Crippen LogP contribution in [0.2, 0.25) is 0 Å². The molecule has 76 valence electrons. The number of carbonyl (C=O) groups excluding carboxylic acids is 1. The highest BCUT2D eigenvalue weighted by Gasteiger charge is 2.10. The number of benzene rings is 1. The fourth-order valence-electron chi connectivity index (χ4n) is 1.28. The number of ether oxygens (including phenoxy) is 1. The Morgan fingerprint density at radius 2 is 2.07 bits per heavy atom. The van der Waals surface area contributed by atoms with Crippen molar-refractivity contribution in [3.63, 3.8) is 0 Å². The number of rotatable bonds is 2. The summed E-state index contributed by atoms with van der Waals surface area (Å²) in [6.07, 6.45) is 0. The normalized spacial score (nSPS) is 10.3. The molecule has 0 bridgehead atoms. The van der Waals surface area contributed by atoms with Crippen LogP contribution in [0, 0.1) is 0 Å². The number of carbonyl (C=O) groups is 1. The van der Waals surface area contributed by atoms with Crippen molar-refractivity contribution in [2.75, 3.05) is 7.11 Å². The van der Waals surface area contributed by atoms with Gasteiger partial charge in [0, 0.05) is 0 Å². The maximum atomic E-state index is 11.1. The van der Waals surface area contributed by atoms with Crippen molar-refractivity contribution in [1.82, 2.24) is 0 Å². The van der Waals surface area contributed by atoms with E-state index in [9.17, 15) is 9.90 Å². The standard InChI is InChI=1S/C11H14O3/c1-7(2)9-5-4-8(6-10(9)12)11(13)14-3/h4-7,12H,1-3H3. The first kappa shape index (κ1) is 10.6. The molecule has 0 aliphatic rings. The predicted molar refractivity (Wildman–Crippen MR) is 53.5 cm³/mol. The third kappa shape index (κ3) is 2.05. The van der Waals surface area contributed by atoms with Crippen LogP contribution in [0.3, 0.4) is 0 Å². The third-order valence-corrected chi connectivity index (χ3v) is 2.07. The van der Waals surface area contributed by atoms with Crippen molar-refractivity contribution >= 4 is 5.97 Å². The molecule has 1 aromatic rings. The van der Waals surface area contributed by atoms with Crippen LogP contribution >= 0.6 is 0 Å². The summed E-state index contributed by atoms with van der Waals surface area (Å²) in [6.45, 7) is 3.96. The Morgan fingerprint density at radius 1 is 1.43 bits per heavy atom. The molecule has 1 N–H and O–H groups in total. The van der Waals surface area contributed by atoms with E-state index >= 15 is 0 Å². The van der Waals surface area contributed by atoms with Crippen LogP contribution in [0.15, 0.2) is 18.2 Å². The molecule has 14 heavy (non-hydrogen) atoms. The van der Waals surface area contributed by atoms with Gasteiger partial charge >= 0.3 is 5.97 Å².